The Morgan fingerprint density at radius 2 is 2.19 bits per heavy atom. The Morgan fingerprint density at radius 3 is 2.71 bits per heavy atom. The number of rotatable bonds is 7. The van der Waals surface area contributed by atoms with Gasteiger partial charge in [0.1, 0.15) is 6.17 Å². The van der Waals surface area contributed by atoms with Gasteiger partial charge in [0.2, 0.25) is 5.91 Å². The number of thiophene rings is 1. The van der Waals surface area contributed by atoms with Crippen molar-refractivity contribution < 1.29 is 14.3 Å². The van der Waals surface area contributed by atoms with Crippen LogP contribution in [-0.2, 0) is 14.3 Å². The van der Waals surface area contributed by atoms with Crippen LogP contribution in [0.5, 0.6) is 0 Å². The SMILES string of the molecule is COCC(CN1C(=O)C(C(C)C)NC1c1cccs1)OC. The number of hydrogen-bond donors (Lipinski definition) is 1. The second kappa shape index (κ2) is 7.35. The molecule has 1 aromatic heterocycles. The molecule has 0 saturated carbocycles. The van der Waals surface area contributed by atoms with E-state index in [0.717, 1.165) is 4.88 Å². The molecule has 6 heteroatoms. The molecule has 21 heavy (non-hydrogen) atoms. The minimum Gasteiger partial charge on any atom is -0.382 e. The molecule has 118 valence electrons. The first-order valence-corrected chi connectivity index (χ1v) is 8.08. The zero-order valence-corrected chi connectivity index (χ0v) is 13.9. The third kappa shape index (κ3) is 3.63. The highest BCUT2D eigenvalue weighted by Gasteiger charge is 2.42. The van der Waals surface area contributed by atoms with Gasteiger partial charge in [0.15, 0.2) is 0 Å². The number of amides is 1. The molecular formula is C15H24N2O3S. The summed E-state index contributed by atoms with van der Waals surface area (Å²) >= 11 is 1.66. The Bertz CT molecular complexity index is 450. The van der Waals surface area contributed by atoms with Gasteiger partial charge in [-0.05, 0) is 17.4 Å². The van der Waals surface area contributed by atoms with Crippen LogP contribution >= 0.6 is 11.3 Å². The van der Waals surface area contributed by atoms with E-state index in [0.29, 0.717) is 13.2 Å². The average molecular weight is 312 g/mol. The van der Waals surface area contributed by atoms with Crippen LogP contribution in [0.1, 0.15) is 24.9 Å². The van der Waals surface area contributed by atoms with Gasteiger partial charge in [0.25, 0.3) is 0 Å². The first-order valence-electron chi connectivity index (χ1n) is 7.20. The van der Waals surface area contributed by atoms with Crippen LogP contribution in [0, 0.1) is 5.92 Å². The van der Waals surface area contributed by atoms with Crippen LogP contribution in [0.2, 0.25) is 0 Å². The number of ether oxygens (including phenoxy) is 2. The van der Waals surface area contributed by atoms with Crippen molar-refractivity contribution in [3.05, 3.63) is 22.4 Å². The summed E-state index contributed by atoms with van der Waals surface area (Å²) < 4.78 is 10.6. The Labute approximate surface area is 130 Å². The fourth-order valence-electron chi connectivity index (χ4n) is 2.59. The maximum Gasteiger partial charge on any atom is 0.241 e. The van der Waals surface area contributed by atoms with Crippen molar-refractivity contribution in [1.29, 1.82) is 0 Å². The van der Waals surface area contributed by atoms with Gasteiger partial charge in [-0.2, -0.15) is 0 Å². The average Bonchev–Trinajstić information content (AvgIpc) is 3.07. The number of nitrogens with one attached hydrogen (secondary N) is 1. The molecule has 1 aliphatic rings. The fraction of sp³-hybridized carbons (Fsp3) is 0.667. The number of carbonyl (C=O) groups excluding carboxylic acids is 1. The normalized spacial score (nSPS) is 24.0. The third-order valence-electron chi connectivity index (χ3n) is 3.76. The van der Waals surface area contributed by atoms with E-state index in [1.54, 1.807) is 25.6 Å². The molecular weight excluding hydrogens is 288 g/mol. The van der Waals surface area contributed by atoms with Crippen LogP contribution in [0.25, 0.3) is 0 Å². The molecule has 1 amide bonds. The Hall–Kier alpha value is -0.950. The van der Waals surface area contributed by atoms with Gasteiger partial charge in [-0.3, -0.25) is 10.1 Å². The molecule has 0 radical (unpaired) electrons. The lowest BCUT2D eigenvalue weighted by atomic mass is 10.1. The van der Waals surface area contributed by atoms with Crippen LogP contribution in [-0.4, -0.2) is 50.3 Å². The van der Waals surface area contributed by atoms with Crippen molar-refractivity contribution in [3.63, 3.8) is 0 Å². The maximum absolute atomic E-state index is 12.7. The van der Waals surface area contributed by atoms with Gasteiger partial charge >= 0.3 is 0 Å². The Kier molecular flexibility index (Phi) is 5.75. The smallest absolute Gasteiger partial charge is 0.241 e. The minimum absolute atomic E-state index is 0.0700. The summed E-state index contributed by atoms with van der Waals surface area (Å²) in [6.07, 6.45) is -0.187. The van der Waals surface area contributed by atoms with E-state index in [1.165, 1.54) is 0 Å². The lowest BCUT2D eigenvalue weighted by Crippen LogP contribution is -2.40. The second-order valence-electron chi connectivity index (χ2n) is 5.61. The molecule has 0 bridgehead atoms. The van der Waals surface area contributed by atoms with Crippen LogP contribution in [0.15, 0.2) is 17.5 Å². The van der Waals surface area contributed by atoms with Gasteiger partial charge in [0.05, 0.1) is 25.3 Å². The molecule has 1 saturated heterocycles. The van der Waals surface area contributed by atoms with E-state index in [-0.39, 0.29) is 30.1 Å². The molecule has 0 aromatic carbocycles. The summed E-state index contributed by atoms with van der Waals surface area (Å²) in [5.41, 5.74) is 0. The number of hydrogen-bond acceptors (Lipinski definition) is 5. The highest BCUT2D eigenvalue weighted by atomic mass is 32.1. The molecule has 1 N–H and O–H groups in total. The summed E-state index contributed by atoms with van der Waals surface area (Å²) in [5.74, 6) is 0.398. The second-order valence-corrected chi connectivity index (χ2v) is 6.59. The molecule has 2 rings (SSSR count). The summed E-state index contributed by atoms with van der Waals surface area (Å²) in [4.78, 5) is 15.7. The molecule has 0 aliphatic carbocycles. The lowest BCUT2D eigenvalue weighted by Gasteiger charge is -2.27. The summed E-state index contributed by atoms with van der Waals surface area (Å²) in [6, 6.07) is 3.93. The van der Waals surface area contributed by atoms with Gasteiger partial charge < -0.3 is 14.4 Å². The highest BCUT2D eigenvalue weighted by molar-refractivity contribution is 7.10. The van der Waals surface area contributed by atoms with E-state index < -0.39 is 0 Å². The molecule has 3 atom stereocenters. The van der Waals surface area contributed by atoms with E-state index in [9.17, 15) is 4.79 Å². The van der Waals surface area contributed by atoms with Crippen molar-refractivity contribution >= 4 is 17.2 Å². The standard InChI is InChI=1S/C15H24N2O3S/c1-10(2)13-15(18)17(8-11(20-4)9-19-3)14(16-13)12-6-5-7-21-12/h5-7,10-11,13-14,16H,8-9H2,1-4H3. The molecule has 1 aliphatic heterocycles. The van der Waals surface area contributed by atoms with E-state index in [4.69, 9.17) is 9.47 Å². The van der Waals surface area contributed by atoms with Crippen molar-refractivity contribution in [2.75, 3.05) is 27.4 Å². The number of carbonyl (C=O) groups is 1. The number of methoxy groups -OCH3 is 2. The quantitative estimate of drug-likeness (QED) is 0.835. The van der Waals surface area contributed by atoms with Crippen molar-refractivity contribution in [1.82, 2.24) is 10.2 Å². The highest BCUT2D eigenvalue weighted by Crippen LogP contribution is 2.31. The lowest BCUT2D eigenvalue weighted by molar-refractivity contribution is -0.133. The van der Waals surface area contributed by atoms with Gasteiger partial charge in [0, 0.05) is 19.1 Å². The monoisotopic (exact) mass is 312 g/mol. The molecule has 2 heterocycles. The van der Waals surface area contributed by atoms with Crippen molar-refractivity contribution in [2.24, 2.45) is 5.92 Å². The Morgan fingerprint density at radius 1 is 1.43 bits per heavy atom. The van der Waals surface area contributed by atoms with Crippen LogP contribution in [0.3, 0.4) is 0 Å². The van der Waals surface area contributed by atoms with Gasteiger partial charge in [-0.25, -0.2) is 0 Å². The predicted octanol–water partition coefficient (Wildman–Crippen LogP) is 1.86. The summed E-state index contributed by atoms with van der Waals surface area (Å²) in [7, 11) is 3.29. The van der Waals surface area contributed by atoms with Crippen molar-refractivity contribution in [3.8, 4) is 0 Å². The van der Waals surface area contributed by atoms with E-state index in [2.05, 4.69) is 25.2 Å². The molecule has 5 nitrogen and oxygen atoms in total. The Balaban J connectivity index is 2.18. The summed E-state index contributed by atoms with van der Waals surface area (Å²) in [5, 5.41) is 5.49. The molecule has 3 unspecified atom stereocenters. The molecule has 1 fully saturated rings. The third-order valence-corrected chi connectivity index (χ3v) is 4.69. The fourth-order valence-corrected chi connectivity index (χ4v) is 3.39. The molecule has 0 spiro atoms. The predicted molar refractivity (Wildman–Crippen MR) is 83.2 cm³/mol. The van der Waals surface area contributed by atoms with Crippen molar-refractivity contribution in [2.45, 2.75) is 32.2 Å². The van der Waals surface area contributed by atoms with Gasteiger partial charge in [-0.1, -0.05) is 19.9 Å². The van der Waals surface area contributed by atoms with E-state index >= 15 is 0 Å². The largest absolute Gasteiger partial charge is 0.382 e. The summed E-state index contributed by atoms with van der Waals surface area (Å²) in [6.45, 7) is 5.13. The zero-order chi connectivity index (χ0) is 15.4. The van der Waals surface area contributed by atoms with Crippen LogP contribution in [0.4, 0.5) is 0 Å². The molecule has 1 aromatic rings. The topological polar surface area (TPSA) is 50.8 Å². The first-order chi connectivity index (χ1) is 10.1. The number of nitrogens with zero attached hydrogens (tertiary/aromatic N) is 1. The zero-order valence-electron chi connectivity index (χ0n) is 13.0. The maximum atomic E-state index is 12.7. The van der Waals surface area contributed by atoms with Crippen LogP contribution < -0.4 is 5.32 Å². The van der Waals surface area contributed by atoms with Gasteiger partial charge in [-0.15, -0.1) is 11.3 Å². The first kappa shape index (κ1) is 16.4. The minimum atomic E-state index is -0.142. The van der Waals surface area contributed by atoms with E-state index in [1.807, 2.05) is 16.3 Å².